The van der Waals surface area contributed by atoms with Crippen LogP contribution in [0.4, 0.5) is 33.0 Å². The monoisotopic (exact) mass is 1450 g/mol. The zero-order chi connectivity index (χ0) is 70.2. The van der Waals surface area contributed by atoms with Crippen LogP contribution in [-0.4, -0.2) is 151 Å². The van der Waals surface area contributed by atoms with Gasteiger partial charge in [-0.15, -0.1) is 12.4 Å². The van der Waals surface area contributed by atoms with E-state index in [0.29, 0.717) is 112 Å². The standard InChI is InChI=1S/C18H19ClFN3O3.C16H21ClFNO3.C11H13ClFNO.C10H19NO3.C6H4ClFO.C5H7N3O.ClH/c1-22-17(24)5-3-13(21-22)11-18(25)23-8-6-14(7-9-23)26-16-4-2-12(20)10-15(16)19;1-16(2,3)22-15(20)19-8-6-12(7-9-19)21-14-5-4-11(18)10-13(14)17;12-10-7-8(13)1-2-11(10)15-9-3-5-14-6-4-9;1-10(2,3)14-9(13)11-6-4-8(12)5-7-11;7-5-3-4(8)1-2-6(5)9;1-8-5(9)3-2-4(6)7-8;/h2-5,10,14H,6-9,11H2,1H3;4-5,10,12H,6-9H2,1-3H3;1-2,7,9,14H,3-6H2;8,12H,4-7H2,1-3H3;1-3,9H;2-3H,1H3,(H2,6,7);1H. The van der Waals surface area contributed by atoms with Crippen molar-refractivity contribution < 1.29 is 65.8 Å². The topological polar surface area (TPSA) is 255 Å². The van der Waals surface area contributed by atoms with E-state index in [9.17, 15) is 46.6 Å². The number of aliphatic hydroxyl groups excluding tert-OH is 1. The van der Waals surface area contributed by atoms with Crippen molar-refractivity contribution in [3.05, 3.63) is 167 Å². The molecule has 0 atom stereocenters. The molecule has 528 valence electrons. The average Bonchev–Trinajstić information content (AvgIpc) is 0.933. The van der Waals surface area contributed by atoms with Gasteiger partial charge in [-0.05, 0) is 165 Å². The molecular weight excluding hydrogens is 1360 g/mol. The summed E-state index contributed by atoms with van der Waals surface area (Å²) >= 11 is 23.1. The number of phenolic OH excluding ortho intramolecular Hbond substituents is 1. The lowest BCUT2D eigenvalue weighted by Crippen LogP contribution is -2.44. The third-order valence-corrected chi connectivity index (χ3v) is 15.3. The molecule has 4 saturated heterocycles. The number of aliphatic hydroxyl groups is 1. The fraction of sp³-hybridized carbons (Fsp3) is 0.470. The number of hydrogen-bond donors (Lipinski definition) is 4. The number of rotatable bonds is 8. The number of aromatic hydroxyl groups is 1. The van der Waals surface area contributed by atoms with Crippen molar-refractivity contribution in [1.82, 2.24) is 39.6 Å². The van der Waals surface area contributed by atoms with Gasteiger partial charge in [0.05, 0.1) is 38.3 Å². The lowest BCUT2D eigenvalue weighted by atomic mass is 10.1. The fourth-order valence-electron chi connectivity index (χ4n) is 9.16. The summed E-state index contributed by atoms with van der Waals surface area (Å²) in [5, 5.41) is 29.9. The Morgan fingerprint density at radius 2 is 0.885 bits per heavy atom. The van der Waals surface area contributed by atoms with Crippen molar-refractivity contribution in [3.63, 3.8) is 0 Å². The lowest BCUT2D eigenvalue weighted by Gasteiger charge is -2.33. The summed E-state index contributed by atoms with van der Waals surface area (Å²) in [6.07, 6.45) is 5.35. The number of anilines is 1. The number of piperidine rings is 4. The van der Waals surface area contributed by atoms with Gasteiger partial charge in [0.1, 0.15) is 81.6 Å². The second-order valence-electron chi connectivity index (χ2n) is 24.3. The first-order chi connectivity index (χ1) is 44.7. The van der Waals surface area contributed by atoms with E-state index in [2.05, 4.69) is 15.5 Å². The first-order valence-electron chi connectivity index (χ1n) is 30.6. The van der Waals surface area contributed by atoms with Crippen LogP contribution >= 0.6 is 58.8 Å². The Morgan fingerprint density at radius 1 is 0.531 bits per heavy atom. The van der Waals surface area contributed by atoms with Crippen LogP contribution in [-0.2, 0) is 34.8 Å². The summed E-state index contributed by atoms with van der Waals surface area (Å²) in [5.74, 6) is 0.142. The highest BCUT2D eigenvalue weighted by molar-refractivity contribution is 6.33. The molecule has 4 aliphatic heterocycles. The smallest absolute Gasteiger partial charge is 0.410 e. The predicted octanol–water partition coefficient (Wildman–Crippen LogP) is 12.4. The van der Waals surface area contributed by atoms with E-state index < -0.39 is 28.7 Å². The highest BCUT2D eigenvalue weighted by Gasteiger charge is 2.30. The van der Waals surface area contributed by atoms with Crippen LogP contribution in [0.25, 0.3) is 0 Å². The van der Waals surface area contributed by atoms with Crippen molar-refractivity contribution in [3.8, 4) is 23.0 Å². The van der Waals surface area contributed by atoms with E-state index in [0.717, 1.165) is 38.1 Å². The molecule has 21 nitrogen and oxygen atoms in total. The molecule has 0 spiro atoms. The third-order valence-electron chi connectivity index (χ3n) is 14.1. The molecule has 4 aliphatic rings. The number of benzene rings is 4. The number of nitrogens with one attached hydrogen (secondary N) is 1. The molecule has 0 aliphatic carbocycles. The molecule has 6 aromatic rings. The summed E-state index contributed by atoms with van der Waals surface area (Å²) in [4.78, 5) is 63.0. The van der Waals surface area contributed by atoms with Crippen LogP contribution < -0.4 is 36.4 Å². The normalized spacial score (nSPS) is 15.3. The van der Waals surface area contributed by atoms with Crippen LogP contribution in [0.2, 0.25) is 20.1 Å². The SMILES string of the molecule is CC(C)(C)OC(=O)N1CCC(O)CC1.CC(C)(C)OC(=O)N1CCC(Oc2ccc(F)cc2Cl)CC1.Cl.Cn1nc(CC(=O)N2CCC(Oc3ccc(F)cc3Cl)CC2)ccc1=O.Cn1nc(N)ccc1=O.Fc1ccc(OC2CCNCC2)c(Cl)c1.Oc1ccc(F)cc1Cl. The number of carbonyl (C=O) groups is 3. The molecule has 96 heavy (non-hydrogen) atoms. The van der Waals surface area contributed by atoms with E-state index in [1.807, 2.05) is 41.5 Å². The number of aryl methyl sites for hydroxylation is 2. The number of hydrogen-bond acceptors (Lipinski definition) is 16. The Hall–Kier alpha value is -7.26. The summed E-state index contributed by atoms with van der Waals surface area (Å²) < 4.78 is 81.3. The second kappa shape index (κ2) is 39.2. The summed E-state index contributed by atoms with van der Waals surface area (Å²) in [5.41, 5.74) is 4.53. The minimum atomic E-state index is -0.494. The number of carbonyl (C=O) groups excluding carboxylic acids is 3. The van der Waals surface area contributed by atoms with Gasteiger partial charge in [-0.1, -0.05) is 46.4 Å². The molecule has 30 heteroatoms. The maximum atomic E-state index is 13.1. The first kappa shape index (κ1) is 81.2. The second-order valence-corrected chi connectivity index (χ2v) is 25.9. The first-order valence-corrected chi connectivity index (χ1v) is 32.2. The Balaban J connectivity index is 0.000000255. The molecule has 6 heterocycles. The Morgan fingerprint density at radius 3 is 1.24 bits per heavy atom. The Kier molecular flexibility index (Phi) is 33.2. The van der Waals surface area contributed by atoms with Crippen LogP contribution in [0.3, 0.4) is 0 Å². The van der Waals surface area contributed by atoms with Gasteiger partial charge in [0, 0.05) is 91.2 Å². The minimum Gasteiger partial charge on any atom is -0.506 e. The van der Waals surface area contributed by atoms with Gasteiger partial charge in [-0.25, -0.2) is 36.5 Å². The zero-order valence-corrected chi connectivity index (χ0v) is 58.5. The highest BCUT2D eigenvalue weighted by Crippen LogP contribution is 2.31. The van der Waals surface area contributed by atoms with E-state index in [4.69, 9.17) is 80.9 Å². The van der Waals surface area contributed by atoms with Crippen LogP contribution in [0.5, 0.6) is 23.0 Å². The number of nitrogens with zero attached hydrogens (tertiary/aromatic N) is 7. The van der Waals surface area contributed by atoms with Crippen molar-refractivity contribution in [1.29, 1.82) is 0 Å². The molecule has 0 radical (unpaired) electrons. The van der Waals surface area contributed by atoms with E-state index >= 15 is 0 Å². The van der Waals surface area contributed by atoms with Gasteiger partial charge in [0.2, 0.25) is 5.91 Å². The zero-order valence-electron chi connectivity index (χ0n) is 54.7. The van der Waals surface area contributed by atoms with Gasteiger partial charge in [-0.3, -0.25) is 14.4 Å². The molecule has 10 rings (SSSR count). The minimum absolute atomic E-state index is 0. The predicted molar refractivity (Wildman–Crippen MR) is 363 cm³/mol. The number of halogens is 9. The number of nitrogens with two attached hydrogens (primary N) is 1. The van der Waals surface area contributed by atoms with Gasteiger partial charge in [-0.2, -0.15) is 10.2 Å². The summed E-state index contributed by atoms with van der Waals surface area (Å²) in [6, 6.07) is 21.6. The van der Waals surface area contributed by atoms with E-state index in [1.54, 1.807) is 40.9 Å². The molecule has 5 N–H and O–H groups in total. The molecule has 0 saturated carbocycles. The van der Waals surface area contributed by atoms with Gasteiger partial charge in [0.25, 0.3) is 11.1 Å². The van der Waals surface area contributed by atoms with Crippen molar-refractivity contribution >= 4 is 82.7 Å². The fourth-order valence-corrected chi connectivity index (χ4v) is 9.96. The molecule has 3 amide bonds. The number of phenols is 1. The maximum Gasteiger partial charge on any atom is 0.410 e. The third kappa shape index (κ3) is 29.6. The largest absolute Gasteiger partial charge is 0.506 e. The Bertz CT molecular complexity index is 3580. The quantitative estimate of drug-likeness (QED) is 0.103. The van der Waals surface area contributed by atoms with Crippen molar-refractivity contribution in [2.24, 2.45) is 14.1 Å². The lowest BCUT2D eigenvalue weighted by molar-refractivity contribution is -0.132. The number of amides is 3. The van der Waals surface area contributed by atoms with Crippen LogP contribution in [0, 0.1) is 23.3 Å². The van der Waals surface area contributed by atoms with Gasteiger partial charge in [0.15, 0.2) is 0 Å². The number of likely N-dealkylation sites (tertiary alicyclic amines) is 3. The summed E-state index contributed by atoms with van der Waals surface area (Å²) in [6.45, 7) is 16.5. The molecule has 2 aromatic heterocycles. The molecule has 0 bridgehead atoms. The molecule has 4 fully saturated rings. The number of nitrogen functional groups attached to an aromatic ring is 1. The molecule has 4 aromatic carbocycles. The van der Waals surface area contributed by atoms with Gasteiger partial charge < -0.3 is 59.6 Å². The number of ether oxygens (including phenoxy) is 5. The highest BCUT2D eigenvalue weighted by atomic mass is 35.5. The maximum absolute atomic E-state index is 13.1. The molecule has 0 unspecified atom stereocenters. The van der Waals surface area contributed by atoms with Gasteiger partial charge >= 0.3 is 12.2 Å². The van der Waals surface area contributed by atoms with Crippen LogP contribution in [0.1, 0.15) is 98.6 Å². The van der Waals surface area contributed by atoms with Crippen molar-refractivity contribution in [2.75, 3.05) is 58.1 Å². The summed E-state index contributed by atoms with van der Waals surface area (Å²) in [7, 11) is 3.11. The molecular formula is C66H84Cl5F4N9O12. The van der Waals surface area contributed by atoms with E-state index in [-0.39, 0.29) is 99.1 Å². The van der Waals surface area contributed by atoms with Crippen molar-refractivity contribution in [2.45, 2.75) is 135 Å². The Labute approximate surface area is 582 Å². The van der Waals surface area contributed by atoms with Crippen LogP contribution in [0.15, 0.2) is 107 Å². The average molecular weight is 1450 g/mol. The van der Waals surface area contributed by atoms with E-state index in [1.165, 1.54) is 82.2 Å². The number of aromatic nitrogens is 4.